The fourth-order valence-corrected chi connectivity index (χ4v) is 4.92. The molecule has 4 nitrogen and oxygen atoms in total. The minimum atomic E-state index is -0.159. The molecule has 166 valence electrons. The smallest absolute Gasteiger partial charge is 0.172 e. The average molecular weight is 438 g/mol. The summed E-state index contributed by atoms with van der Waals surface area (Å²) >= 11 is 0. The number of methoxy groups -OCH3 is 1. The van der Waals surface area contributed by atoms with Crippen LogP contribution in [0.25, 0.3) is 34.6 Å². The second-order valence-corrected chi connectivity index (χ2v) is 9.02. The first-order valence-electron chi connectivity index (χ1n) is 11.0. The molecule has 0 saturated heterocycles. The van der Waals surface area contributed by atoms with Gasteiger partial charge in [0.2, 0.25) is 0 Å². The van der Waals surface area contributed by atoms with E-state index in [2.05, 4.69) is 63.0 Å². The van der Waals surface area contributed by atoms with Crippen LogP contribution in [0.4, 0.5) is 5.69 Å². The number of hydrogen-bond donors (Lipinski definition) is 2. The van der Waals surface area contributed by atoms with E-state index in [9.17, 15) is 5.11 Å². The minimum absolute atomic E-state index is 0.0828. The molecule has 0 amide bonds. The van der Waals surface area contributed by atoms with Crippen molar-refractivity contribution in [2.75, 3.05) is 12.4 Å². The Labute approximate surface area is 194 Å². The van der Waals surface area contributed by atoms with E-state index in [4.69, 9.17) is 9.47 Å². The Bertz CT molecular complexity index is 1360. The molecule has 0 saturated carbocycles. The summed E-state index contributed by atoms with van der Waals surface area (Å²) in [7, 11) is 1.56. The van der Waals surface area contributed by atoms with E-state index in [1.165, 1.54) is 5.57 Å². The van der Waals surface area contributed by atoms with Gasteiger partial charge < -0.3 is 19.9 Å². The molecule has 33 heavy (non-hydrogen) atoms. The van der Waals surface area contributed by atoms with E-state index in [0.29, 0.717) is 11.5 Å². The molecule has 2 aliphatic rings. The summed E-state index contributed by atoms with van der Waals surface area (Å²) in [6.45, 7) is 10.4. The lowest BCUT2D eigenvalue weighted by atomic mass is 9.82. The molecule has 0 unspecified atom stereocenters. The second-order valence-electron chi connectivity index (χ2n) is 9.02. The van der Waals surface area contributed by atoms with Gasteiger partial charge in [0.25, 0.3) is 0 Å². The van der Waals surface area contributed by atoms with Crippen molar-refractivity contribution in [3.8, 4) is 28.4 Å². The molecule has 0 spiro atoms. The number of phenols is 1. The number of rotatable bonds is 3. The standard InChI is InChI=1S/C29H27NO3/c1-6-18-9-7-8-10-19(18)15-24-26-20(27-23(33-24)14-13-22(31)28(27)32-5)11-12-21-25(26)17(2)16-29(3,4)30-21/h6-16,30-31H,1H2,2-5H3. The maximum absolute atomic E-state index is 10.5. The fraction of sp³-hybridized carbons (Fsp3) is 0.172. The first-order valence-corrected chi connectivity index (χ1v) is 11.0. The SMILES string of the molecule is C=Cc1ccccc1C=C1Oc2ccc(O)c(OC)c2-c2ccc3c(c21)C(C)=CC(C)(C)N3. The molecule has 3 aromatic carbocycles. The topological polar surface area (TPSA) is 50.7 Å². The van der Waals surface area contributed by atoms with Crippen molar-refractivity contribution >= 4 is 29.2 Å². The van der Waals surface area contributed by atoms with Crippen molar-refractivity contribution in [2.45, 2.75) is 26.3 Å². The van der Waals surface area contributed by atoms with Gasteiger partial charge in [0.05, 0.1) is 18.2 Å². The molecule has 0 atom stereocenters. The number of allylic oxidation sites excluding steroid dienone is 1. The van der Waals surface area contributed by atoms with Crippen LogP contribution in [0.3, 0.4) is 0 Å². The van der Waals surface area contributed by atoms with Gasteiger partial charge in [-0.2, -0.15) is 0 Å². The van der Waals surface area contributed by atoms with Gasteiger partial charge >= 0.3 is 0 Å². The van der Waals surface area contributed by atoms with Gasteiger partial charge in [0.1, 0.15) is 11.5 Å². The molecular weight excluding hydrogens is 410 g/mol. The third kappa shape index (κ3) is 3.39. The summed E-state index contributed by atoms with van der Waals surface area (Å²) in [5, 5.41) is 14.1. The van der Waals surface area contributed by atoms with Crippen LogP contribution in [0.1, 0.15) is 43.0 Å². The van der Waals surface area contributed by atoms with Crippen molar-refractivity contribution in [2.24, 2.45) is 0 Å². The Balaban J connectivity index is 1.85. The van der Waals surface area contributed by atoms with E-state index >= 15 is 0 Å². The number of nitrogens with one attached hydrogen (secondary N) is 1. The molecule has 0 radical (unpaired) electrons. The molecular formula is C29H27NO3. The van der Waals surface area contributed by atoms with Crippen LogP contribution in [0, 0.1) is 0 Å². The van der Waals surface area contributed by atoms with Crippen molar-refractivity contribution in [3.63, 3.8) is 0 Å². The van der Waals surface area contributed by atoms with Crippen LogP contribution in [0.15, 0.2) is 61.2 Å². The molecule has 0 bridgehead atoms. The highest BCUT2D eigenvalue weighted by Gasteiger charge is 2.33. The van der Waals surface area contributed by atoms with Gasteiger partial charge in [-0.05, 0) is 61.7 Å². The van der Waals surface area contributed by atoms with Crippen molar-refractivity contribution in [1.29, 1.82) is 0 Å². The van der Waals surface area contributed by atoms with Gasteiger partial charge in [0, 0.05) is 22.4 Å². The largest absolute Gasteiger partial charge is 0.504 e. The molecule has 2 aliphatic heterocycles. The Morgan fingerprint density at radius 1 is 1.00 bits per heavy atom. The van der Waals surface area contributed by atoms with Crippen LogP contribution >= 0.6 is 0 Å². The van der Waals surface area contributed by atoms with Gasteiger partial charge in [-0.3, -0.25) is 0 Å². The number of benzene rings is 3. The fourth-order valence-electron chi connectivity index (χ4n) is 4.92. The molecule has 0 aromatic heterocycles. The van der Waals surface area contributed by atoms with Crippen LogP contribution in [0.2, 0.25) is 0 Å². The molecule has 4 heteroatoms. The summed E-state index contributed by atoms with van der Waals surface area (Å²) in [6, 6.07) is 15.7. The highest BCUT2D eigenvalue weighted by molar-refractivity contribution is 6.02. The Hall–Kier alpha value is -3.92. The number of phenolic OH excluding ortho intramolecular Hbond substituents is 1. The van der Waals surface area contributed by atoms with Gasteiger partial charge in [-0.1, -0.05) is 49.1 Å². The number of hydrogen-bond acceptors (Lipinski definition) is 4. The van der Waals surface area contributed by atoms with Crippen LogP contribution in [0.5, 0.6) is 17.2 Å². The maximum Gasteiger partial charge on any atom is 0.172 e. The number of ether oxygens (including phenoxy) is 2. The summed E-state index contributed by atoms with van der Waals surface area (Å²) in [5.74, 6) is 1.88. The summed E-state index contributed by atoms with van der Waals surface area (Å²) in [5.41, 5.74) is 7.87. The van der Waals surface area contributed by atoms with Crippen molar-refractivity contribution in [3.05, 3.63) is 83.4 Å². The third-order valence-electron chi connectivity index (χ3n) is 6.17. The van der Waals surface area contributed by atoms with Gasteiger partial charge in [0.15, 0.2) is 11.5 Å². The summed E-state index contributed by atoms with van der Waals surface area (Å²) in [4.78, 5) is 0. The maximum atomic E-state index is 10.5. The van der Waals surface area contributed by atoms with Crippen molar-refractivity contribution in [1.82, 2.24) is 0 Å². The molecule has 3 aromatic rings. The van der Waals surface area contributed by atoms with E-state index in [-0.39, 0.29) is 11.3 Å². The molecule has 0 aliphatic carbocycles. The Morgan fingerprint density at radius 3 is 2.48 bits per heavy atom. The summed E-state index contributed by atoms with van der Waals surface area (Å²) in [6.07, 6.45) is 6.15. The molecule has 2 N–H and O–H groups in total. The Kier molecular flexibility index (Phi) is 4.82. The zero-order chi connectivity index (χ0) is 23.3. The summed E-state index contributed by atoms with van der Waals surface area (Å²) < 4.78 is 12.1. The van der Waals surface area contributed by atoms with Gasteiger partial charge in [-0.15, -0.1) is 0 Å². The second kappa shape index (κ2) is 7.59. The highest BCUT2D eigenvalue weighted by Crippen LogP contribution is 2.54. The molecule has 0 fully saturated rings. The quantitative estimate of drug-likeness (QED) is 0.455. The minimum Gasteiger partial charge on any atom is -0.504 e. The predicted octanol–water partition coefficient (Wildman–Crippen LogP) is 7.21. The Morgan fingerprint density at radius 2 is 1.76 bits per heavy atom. The average Bonchev–Trinajstić information content (AvgIpc) is 2.78. The zero-order valence-electron chi connectivity index (χ0n) is 19.3. The van der Waals surface area contributed by atoms with E-state index in [1.807, 2.05) is 24.3 Å². The van der Waals surface area contributed by atoms with E-state index < -0.39 is 0 Å². The third-order valence-corrected chi connectivity index (χ3v) is 6.17. The van der Waals surface area contributed by atoms with Crippen LogP contribution in [-0.4, -0.2) is 17.8 Å². The lowest BCUT2D eigenvalue weighted by Crippen LogP contribution is -2.32. The lowest BCUT2D eigenvalue weighted by Gasteiger charge is -2.35. The van der Waals surface area contributed by atoms with E-state index in [1.54, 1.807) is 19.2 Å². The van der Waals surface area contributed by atoms with Gasteiger partial charge in [-0.25, -0.2) is 0 Å². The number of aromatic hydroxyl groups is 1. The normalized spacial score (nSPS) is 16.5. The van der Waals surface area contributed by atoms with E-state index in [0.717, 1.165) is 44.8 Å². The first-order chi connectivity index (χ1) is 15.8. The molecule has 2 heterocycles. The monoisotopic (exact) mass is 437 g/mol. The zero-order valence-corrected chi connectivity index (χ0v) is 19.3. The van der Waals surface area contributed by atoms with Crippen LogP contribution in [-0.2, 0) is 0 Å². The number of fused-ring (bicyclic) bond motifs is 5. The number of anilines is 1. The predicted molar refractivity (Wildman–Crippen MR) is 136 cm³/mol. The first kappa shape index (κ1) is 21.0. The van der Waals surface area contributed by atoms with Crippen LogP contribution < -0.4 is 14.8 Å². The highest BCUT2D eigenvalue weighted by atomic mass is 16.5. The van der Waals surface area contributed by atoms with Crippen molar-refractivity contribution < 1.29 is 14.6 Å². The molecule has 5 rings (SSSR count). The lowest BCUT2D eigenvalue weighted by molar-refractivity contribution is 0.371.